The number of nitrogens with one attached hydrogen (secondary N) is 1. The first-order valence-corrected chi connectivity index (χ1v) is 9.23. The second kappa shape index (κ2) is 7.28. The number of hydrogen-bond acceptors (Lipinski definition) is 4. The van der Waals surface area contributed by atoms with Crippen LogP contribution in [0.25, 0.3) is 0 Å². The summed E-state index contributed by atoms with van der Waals surface area (Å²) in [6.07, 6.45) is 1.27. The van der Waals surface area contributed by atoms with Crippen molar-refractivity contribution in [1.29, 1.82) is 0 Å². The number of rotatable bonds is 7. The van der Waals surface area contributed by atoms with Crippen LogP contribution in [-0.4, -0.2) is 38.5 Å². The molecule has 0 aliphatic rings. The van der Waals surface area contributed by atoms with Gasteiger partial charge in [-0.25, -0.2) is 8.42 Å². The fourth-order valence-electron chi connectivity index (χ4n) is 1.15. The summed E-state index contributed by atoms with van der Waals surface area (Å²) in [5.41, 5.74) is 1.08. The highest BCUT2D eigenvalue weighted by atomic mass is 79.9. The molecule has 1 N–H and O–H groups in total. The van der Waals surface area contributed by atoms with Gasteiger partial charge in [-0.05, 0) is 24.3 Å². The van der Waals surface area contributed by atoms with Crippen LogP contribution in [0.1, 0.15) is 0 Å². The minimum atomic E-state index is -2.81. The van der Waals surface area contributed by atoms with Crippen LogP contribution in [0.4, 0.5) is 5.69 Å². The van der Waals surface area contributed by atoms with Crippen molar-refractivity contribution >= 4 is 43.2 Å². The zero-order valence-electron chi connectivity index (χ0n) is 9.65. The summed E-state index contributed by atoms with van der Waals surface area (Å²) in [6, 6.07) is 7.98. The normalized spacial score (nSPS) is 11.4. The van der Waals surface area contributed by atoms with E-state index in [2.05, 4.69) is 21.2 Å². The van der Waals surface area contributed by atoms with Gasteiger partial charge in [0.2, 0.25) is 0 Å². The lowest BCUT2D eigenvalue weighted by atomic mass is 10.3. The molecule has 0 aliphatic carbocycles. The molecule has 0 heterocycles. The molecular weight excluding hydrogens is 322 g/mol. The minimum Gasteiger partial charge on any atom is -0.384 e. The number of sulfone groups is 1. The van der Waals surface area contributed by atoms with Crippen LogP contribution in [0.15, 0.2) is 28.7 Å². The van der Waals surface area contributed by atoms with Crippen molar-refractivity contribution in [3.63, 3.8) is 0 Å². The van der Waals surface area contributed by atoms with Gasteiger partial charge in [0.05, 0.1) is 5.75 Å². The summed E-state index contributed by atoms with van der Waals surface area (Å²) in [5, 5.41) is 3.28. The molecule has 1 aromatic carbocycles. The van der Waals surface area contributed by atoms with E-state index in [1.165, 1.54) is 6.26 Å². The molecule has 0 bridgehead atoms. The van der Waals surface area contributed by atoms with Crippen molar-refractivity contribution in [3.8, 4) is 0 Å². The monoisotopic (exact) mass is 337 g/mol. The van der Waals surface area contributed by atoms with Crippen molar-refractivity contribution in [3.05, 3.63) is 28.7 Å². The average molecular weight is 338 g/mol. The molecule has 0 radical (unpaired) electrons. The lowest BCUT2D eigenvalue weighted by molar-refractivity contribution is 0.603. The van der Waals surface area contributed by atoms with E-state index in [0.717, 1.165) is 22.5 Å². The lowest BCUT2D eigenvalue weighted by Gasteiger charge is -2.06. The zero-order chi connectivity index (χ0) is 12.7. The van der Waals surface area contributed by atoms with E-state index in [4.69, 9.17) is 0 Å². The molecule has 1 aromatic rings. The highest BCUT2D eigenvalue weighted by Crippen LogP contribution is 2.14. The summed E-state index contributed by atoms with van der Waals surface area (Å²) in [5.74, 6) is 1.84. The Hall–Kier alpha value is -0.200. The third-order valence-corrected chi connectivity index (χ3v) is 4.74. The summed E-state index contributed by atoms with van der Waals surface area (Å²) in [7, 11) is -2.81. The predicted molar refractivity (Wildman–Crippen MR) is 79.7 cm³/mol. The van der Waals surface area contributed by atoms with Gasteiger partial charge in [-0.3, -0.25) is 0 Å². The van der Waals surface area contributed by atoms with Gasteiger partial charge in [-0.2, -0.15) is 11.8 Å². The Labute approximate surface area is 115 Å². The first kappa shape index (κ1) is 14.9. The Bertz CT molecular complexity index is 431. The Morgan fingerprint density at radius 2 is 1.88 bits per heavy atom. The van der Waals surface area contributed by atoms with Gasteiger partial charge in [0, 0.05) is 34.5 Å². The number of halogens is 1. The summed E-state index contributed by atoms with van der Waals surface area (Å²) in [4.78, 5) is 0. The number of thioether (sulfide) groups is 1. The molecule has 3 nitrogen and oxygen atoms in total. The van der Waals surface area contributed by atoms with E-state index in [1.54, 1.807) is 11.8 Å². The van der Waals surface area contributed by atoms with Crippen LogP contribution in [0.5, 0.6) is 0 Å². The van der Waals surface area contributed by atoms with Crippen molar-refractivity contribution in [2.75, 3.05) is 35.4 Å². The second-order valence-electron chi connectivity index (χ2n) is 3.68. The quantitative estimate of drug-likeness (QED) is 0.777. The molecular formula is C11H16BrNO2S2. The first-order valence-electron chi connectivity index (χ1n) is 5.22. The van der Waals surface area contributed by atoms with E-state index in [-0.39, 0.29) is 5.75 Å². The molecule has 0 unspecified atom stereocenters. The van der Waals surface area contributed by atoms with E-state index >= 15 is 0 Å². The highest BCUT2D eigenvalue weighted by Gasteiger charge is 2.00. The van der Waals surface area contributed by atoms with Gasteiger partial charge < -0.3 is 5.32 Å². The van der Waals surface area contributed by atoms with Gasteiger partial charge in [-0.1, -0.05) is 15.9 Å². The molecule has 0 fully saturated rings. The van der Waals surface area contributed by atoms with Crippen molar-refractivity contribution in [2.24, 2.45) is 0 Å². The smallest absolute Gasteiger partial charge is 0.148 e. The summed E-state index contributed by atoms with van der Waals surface area (Å²) >= 11 is 5.03. The van der Waals surface area contributed by atoms with E-state index in [0.29, 0.717) is 5.75 Å². The van der Waals surface area contributed by atoms with Crippen molar-refractivity contribution in [2.45, 2.75) is 0 Å². The van der Waals surface area contributed by atoms with Crippen molar-refractivity contribution < 1.29 is 8.42 Å². The summed E-state index contributed by atoms with van der Waals surface area (Å²) < 4.78 is 22.8. The first-order chi connectivity index (χ1) is 7.97. The third kappa shape index (κ3) is 7.68. The zero-order valence-corrected chi connectivity index (χ0v) is 12.9. The fourth-order valence-corrected chi connectivity index (χ4v) is 3.54. The van der Waals surface area contributed by atoms with Gasteiger partial charge in [0.1, 0.15) is 9.84 Å². The Morgan fingerprint density at radius 1 is 1.24 bits per heavy atom. The minimum absolute atomic E-state index is 0.260. The average Bonchev–Trinajstić information content (AvgIpc) is 2.24. The van der Waals surface area contributed by atoms with E-state index in [9.17, 15) is 8.42 Å². The van der Waals surface area contributed by atoms with Crippen LogP contribution in [0, 0.1) is 0 Å². The Morgan fingerprint density at radius 3 is 2.47 bits per heavy atom. The Kier molecular flexibility index (Phi) is 6.37. The maximum atomic E-state index is 10.9. The summed E-state index contributed by atoms with van der Waals surface area (Å²) in [6.45, 7) is 0.843. The molecule has 0 amide bonds. The number of anilines is 1. The largest absolute Gasteiger partial charge is 0.384 e. The fraction of sp³-hybridized carbons (Fsp3) is 0.455. The van der Waals surface area contributed by atoms with Crippen molar-refractivity contribution in [1.82, 2.24) is 0 Å². The SMILES string of the molecule is CS(=O)(=O)CCSCCNc1ccc(Br)cc1. The standard InChI is InChI=1S/C11H16BrNO2S2/c1-17(14,15)9-8-16-7-6-13-11-4-2-10(12)3-5-11/h2-5,13H,6-9H2,1H3. The third-order valence-electron chi connectivity index (χ3n) is 2.02. The molecule has 0 saturated carbocycles. The molecule has 0 spiro atoms. The van der Waals surface area contributed by atoms with E-state index in [1.807, 2.05) is 24.3 Å². The topological polar surface area (TPSA) is 46.2 Å². The van der Waals surface area contributed by atoms with Crippen LogP contribution in [0.3, 0.4) is 0 Å². The predicted octanol–water partition coefficient (Wildman–Crippen LogP) is 2.64. The van der Waals surface area contributed by atoms with Crippen LogP contribution in [-0.2, 0) is 9.84 Å². The van der Waals surface area contributed by atoms with Gasteiger partial charge in [0.15, 0.2) is 0 Å². The highest BCUT2D eigenvalue weighted by molar-refractivity contribution is 9.10. The van der Waals surface area contributed by atoms with Crippen LogP contribution >= 0.6 is 27.7 Å². The Balaban J connectivity index is 2.10. The molecule has 0 atom stereocenters. The molecule has 1 rings (SSSR count). The molecule has 17 heavy (non-hydrogen) atoms. The maximum Gasteiger partial charge on any atom is 0.148 e. The lowest BCUT2D eigenvalue weighted by Crippen LogP contribution is -2.08. The van der Waals surface area contributed by atoms with Gasteiger partial charge in [0.25, 0.3) is 0 Å². The molecule has 0 saturated heterocycles. The molecule has 6 heteroatoms. The molecule has 0 aliphatic heterocycles. The van der Waals surface area contributed by atoms with Crippen LogP contribution in [0.2, 0.25) is 0 Å². The number of hydrogen-bond donors (Lipinski definition) is 1. The number of benzene rings is 1. The maximum absolute atomic E-state index is 10.9. The van der Waals surface area contributed by atoms with Gasteiger partial charge in [-0.15, -0.1) is 0 Å². The molecule has 0 aromatic heterocycles. The van der Waals surface area contributed by atoms with Crippen LogP contribution < -0.4 is 5.32 Å². The van der Waals surface area contributed by atoms with E-state index < -0.39 is 9.84 Å². The van der Waals surface area contributed by atoms with Gasteiger partial charge >= 0.3 is 0 Å². The molecule has 96 valence electrons. The second-order valence-corrected chi connectivity index (χ2v) is 8.08.